The fourth-order valence-corrected chi connectivity index (χ4v) is 3.75. The summed E-state index contributed by atoms with van der Waals surface area (Å²) in [6, 6.07) is 0. The highest BCUT2D eigenvalue weighted by molar-refractivity contribution is 8.23. The molecule has 1 unspecified atom stereocenters. The van der Waals surface area contributed by atoms with Crippen molar-refractivity contribution in [3.63, 3.8) is 0 Å². The summed E-state index contributed by atoms with van der Waals surface area (Å²) in [6.07, 6.45) is 0. The minimum absolute atomic E-state index is 0.372. The molecule has 0 spiro atoms. The third-order valence-corrected chi connectivity index (χ3v) is 4.98. The zero-order valence-electron chi connectivity index (χ0n) is 9.22. The maximum Gasteiger partial charge on any atom is 0.266 e. The quantitative estimate of drug-likeness (QED) is 0.459. The average Bonchev–Trinajstić information content (AvgIpc) is 2.14. The van der Waals surface area contributed by atoms with Crippen LogP contribution < -0.4 is 0 Å². The van der Waals surface area contributed by atoms with Crippen molar-refractivity contribution in [1.29, 1.82) is 0 Å². The molecule has 0 radical (unpaired) electrons. The first-order valence-electron chi connectivity index (χ1n) is 4.81. The monoisotopic (exact) mass is 305 g/mol. The second kappa shape index (κ2) is 7.71. The molecule has 0 heterocycles. The maximum absolute atomic E-state index is 10.6. The van der Waals surface area contributed by atoms with Crippen molar-refractivity contribution in [3.05, 3.63) is 0 Å². The zero-order valence-corrected chi connectivity index (χ0v) is 12.4. The van der Waals surface area contributed by atoms with E-state index in [1.165, 1.54) is 11.8 Å². The predicted molar refractivity (Wildman–Crippen MR) is 74.0 cm³/mol. The molecule has 1 N–H and O–H groups in total. The van der Waals surface area contributed by atoms with Crippen LogP contribution in [0, 0.1) is 0 Å². The molecule has 16 heavy (non-hydrogen) atoms. The Bertz CT molecular complexity index is 316. The Morgan fingerprint density at radius 3 is 2.38 bits per heavy atom. The number of thioether (sulfide) groups is 1. The van der Waals surface area contributed by atoms with Gasteiger partial charge >= 0.3 is 0 Å². The van der Waals surface area contributed by atoms with Gasteiger partial charge in [-0.3, -0.25) is 4.55 Å². The van der Waals surface area contributed by atoms with E-state index in [9.17, 15) is 8.42 Å². The Morgan fingerprint density at radius 1 is 1.50 bits per heavy atom. The van der Waals surface area contributed by atoms with Crippen LogP contribution >= 0.6 is 35.6 Å². The average molecular weight is 306 g/mol. The SMILES string of the molecule is CCN(CC)C(=S)SCC(Cl)CS(=O)(=O)O. The molecule has 0 aliphatic carbocycles. The molecule has 0 aromatic heterocycles. The molecule has 0 amide bonds. The smallest absolute Gasteiger partial charge is 0.266 e. The first-order valence-corrected chi connectivity index (χ1v) is 8.25. The predicted octanol–water partition coefficient (Wildman–Crippen LogP) is 1.84. The summed E-state index contributed by atoms with van der Waals surface area (Å²) in [5.74, 6) is -0.0703. The molecule has 0 aliphatic rings. The Morgan fingerprint density at radius 2 is 2.00 bits per heavy atom. The van der Waals surface area contributed by atoms with Gasteiger partial charge in [0.15, 0.2) is 0 Å². The van der Waals surface area contributed by atoms with Gasteiger partial charge in [0, 0.05) is 18.8 Å². The van der Waals surface area contributed by atoms with Crippen molar-refractivity contribution in [2.24, 2.45) is 0 Å². The molecule has 0 fully saturated rings. The van der Waals surface area contributed by atoms with Gasteiger partial charge in [0.05, 0.1) is 11.1 Å². The lowest BCUT2D eigenvalue weighted by molar-refractivity contribution is 0.481. The summed E-state index contributed by atoms with van der Waals surface area (Å²) < 4.78 is 30.4. The number of alkyl halides is 1. The summed E-state index contributed by atoms with van der Waals surface area (Å²) in [7, 11) is -4.00. The summed E-state index contributed by atoms with van der Waals surface area (Å²) in [5, 5.41) is -0.631. The fourth-order valence-electron chi connectivity index (χ4n) is 1.01. The Labute approximate surface area is 111 Å². The van der Waals surface area contributed by atoms with Gasteiger partial charge in [-0.2, -0.15) is 8.42 Å². The van der Waals surface area contributed by atoms with Crippen LogP contribution in [0.25, 0.3) is 0 Å². The van der Waals surface area contributed by atoms with Crippen molar-refractivity contribution in [3.8, 4) is 0 Å². The van der Waals surface area contributed by atoms with Crippen molar-refractivity contribution >= 4 is 50.0 Å². The Balaban J connectivity index is 4.01. The van der Waals surface area contributed by atoms with E-state index >= 15 is 0 Å². The van der Waals surface area contributed by atoms with Gasteiger partial charge in [-0.25, -0.2) is 0 Å². The first kappa shape index (κ1) is 16.4. The van der Waals surface area contributed by atoms with E-state index in [1.807, 2.05) is 18.7 Å². The van der Waals surface area contributed by atoms with Gasteiger partial charge < -0.3 is 4.90 Å². The number of halogens is 1. The van der Waals surface area contributed by atoms with Crippen LogP contribution in [0.15, 0.2) is 0 Å². The van der Waals surface area contributed by atoms with Crippen molar-refractivity contribution in [1.82, 2.24) is 4.90 Å². The molecule has 0 saturated carbocycles. The second-order valence-corrected chi connectivity index (χ2v) is 6.86. The highest BCUT2D eigenvalue weighted by Gasteiger charge is 2.16. The van der Waals surface area contributed by atoms with Crippen LogP contribution in [-0.2, 0) is 10.1 Å². The Hall–Kier alpha value is 0.440. The minimum Gasteiger partial charge on any atom is -0.358 e. The van der Waals surface area contributed by atoms with E-state index in [4.69, 9.17) is 28.4 Å². The summed E-state index contributed by atoms with van der Waals surface area (Å²) in [4.78, 5) is 1.98. The lowest BCUT2D eigenvalue weighted by atomic mass is 10.6. The third kappa shape index (κ3) is 7.67. The van der Waals surface area contributed by atoms with Gasteiger partial charge in [0.1, 0.15) is 4.32 Å². The number of hydrogen-bond donors (Lipinski definition) is 1. The standard InChI is InChI=1S/C8H16ClNO3S3/c1-3-10(4-2)8(14)15-5-7(9)6-16(11,12)13/h7H,3-6H2,1-2H3,(H,11,12,13). The minimum atomic E-state index is -4.00. The molecule has 1 atom stereocenters. The highest BCUT2D eigenvalue weighted by Crippen LogP contribution is 2.14. The molecule has 8 heteroatoms. The summed E-state index contributed by atoms with van der Waals surface area (Å²) >= 11 is 12.2. The maximum atomic E-state index is 10.6. The zero-order chi connectivity index (χ0) is 12.8. The first-order chi connectivity index (χ1) is 7.30. The molecule has 0 saturated heterocycles. The van der Waals surface area contributed by atoms with Crippen LogP contribution in [0.3, 0.4) is 0 Å². The fraction of sp³-hybridized carbons (Fsp3) is 0.875. The van der Waals surface area contributed by atoms with Crippen LogP contribution in [-0.4, -0.2) is 52.2 Å². The van der Waals surface area contributed by atoms with E-state index in [0.29, 0.717) is 10.1 Å². The van der Waals surface area contributed by atoms with E-state index in [0.717, 1.165) is 13.1 Å². The number of hydrogen-bond acceptors (Lipinski definition) is 4. The number of rotatable bonds is 6. The molecule has 0 aromatic rings. The molecule has 4 nitrogen and oxygen atoms in total. The molecular formula is C8H16ClNO3S3. The molecule has 0 aliphatic heterocycles. The van der Waals surface area contributed by atoms with Gasteiger partial charge in [0.25, 0.3) is 10.1 Å². The van der Waals surface area contributed by atoms with Crippen LogP contribution in [0.4, 0.5) is 0 Å². The molecule has 0 bridgehead atoms. The van der Waals surface area contributed by atoms with Crippen LogP contribution in [0.5, 0.6) is 0 Å². The lowest BCUT2D eigenvalue weighted by Crippen LogP contribution is -2.28. The van der Waals surface area contributed by atoms with Crippen molar-refractivity contribution in [2.45, 2.75) is 19.2 Å². The van der Waals surface area contributed by atoms with E-state index in [1.54, 1.807) is 0 Å². The number of thiocarbonyl (C=S) groups is 1. The molecule has 0 aromatic carbocycles. The molecular weight excluding hydrogens is 290 g/mol. The number of nitrogens with zero attached hydrogens (tertiary/aromatic N) is 1. The summed E-state index contributed by atoms with van der Waals surface area (Å²) in [6.45, 7) is 5.61. The molecule has 0 rings (SSSR count). The van der Waals surface area contributed by atoms with Gasteiger partial charge in [-0.15, -0.1) is 11.6 Å². The van der Waals surface area contributed by atoms with Gasteiger partial charge in [-0.05, 0) is 13.8 Å². The largest absolute Gasteiger partial charge is 0.358 e. The summed E-state index contributed by atoms with van der Waals surface area (Å²) in [5.41, 5.74) is 0. The lowest BCUT2D eigenvalue weighted by Gasteiger charge is -2.21. The van der Waals surface area contributed by atoms with Crippen LogP contribution in [0.1, 0.15) is 13.8 Å². The van der Waals surface area contributed by atoms with Gasteiger partial charge in [0.2, 0.25) is 0 Å². The third-order valence-electron chi connectivity index (χ3n) is 1.80. The highest BCUT2D eigenvalue weighted by atomic mass is 35.5. The van der Waals surface area contributed by atoms with Crippen molar-refractivity contribution < 1.29 is 13.0 Å². The van der Waals surface area contributed by atoms with Gasteiger partial charge in [-0.1, -0.05) is 24.0 Å². The van der Waals surface area contributed by atoms with Crippen molar-refractivity contribution in [2.75, 3.05) is 24.6 Å². The normalized spacial score (nSPS) is 13.5. The van der Waals surface area contributed by atoms with E-state index < -0.39 is 21.2 Å². The Kier molecular flexibility index (Phi) is 7.92. The molecule has 96 valence electrons. The van der Waals surface area contributed by atoms with E-state index in [2.05, 4.69) is 0 Å². The second-order valence-electron chi connectivity index (χ2n) is 3.10. The van der Waals surface area contributed by atoms with Crippen LogP contribution in [0.2, 0.25) is 0 Å². The van der Waals surface area contributed by atoms with E-state index in [-0.39, 0.29) is 0 Å². The topological polar surface area (TPSA) is 57.6 Å².